The molecular weight excluding hydrogens is 318 g/mol. The van der Waals surface area contributed by atoms with Crippen LogP contribution in [0.2, 0.25) is 0 Å². The fourth-order valence-electron chi connectivity index (χ4n) is 4.01. The van der Waals surface area contributed by atoms with Gasteiger partial charge in [0.15, 0.2) is 0 Å². The zero-order chi connectivity index (χ0) is 17.6. The fraction of sp³-hybridized carbons (Fsp3) is 0.333. The lowest BCUT2D eigenvalue weighted by Gasteiger charge is -2.31. The molecule has 25 heavy (non-hydrogen) atoms. The van der Waals surface area contributed by atoms with Gasteiger partial charge < -0.3 is 4.57 Å². The lowest BCUT2D eigenvalue weighted by Crippen LogP contribution is -2.31. The SMILES string of the molecule is CC1c2c(n(CCc3ccc(F)cc3)c3c(F)cccc23)CCN1C. The third-order valence-corrected chi connectivity index (χ3v) is 5.50. The fourth-order valence-corrected chi connectivity index (χ4v) is 4.01. The maximum absolute atomic E-state index is 14.7. The molecule has 1 aliphatic rings. The lowest BCUT2D eigenvalue weighted by atomic mass is 9.97. The molecule has 0 aliphatic carbocycles. The topological polar surface area (TPSA) is 8.17 Å². The van der Waals surface area contributed by atoms with E-state index in [2.05, 4.69) is 23.4 Å². The van der Waals surface area contributed by atoms with Crippen LogP contribution >= 0.6 is 0 Å². The van der Waals surface area contributed by atoms with Crippen molar-refractivity contribution in [3.05, 3.63) is 70.9 Å². The molecule has 1 aromatic heterocycles. The van der Waals surface area contributed by atoms with Gasteiger partial charge >= 0.3 is 0 Å². The molecule has 2 aromatic carbocycles. The summed E-state index contributed by atoms with van der Waals surface area (Å²) >= 11 is 0. The minimum atomic E-state index is -0.226. The first kappa shape index (κ1) is 16.3. The second-order valence-electron chi connectivity index (χ2n) is 6.93. The smallest absolute Gasteiger partial charge is 0.147 e. The van der Waals surface area contributed by atoms with Crippen molar-refractivity contribution in [1.82, 2.24) is 9.47 Å². The molecule has 4 heteroatoms. The Kier molecular flexibility index (Phi) is 4.08. The molecule has 2 nitrogen and oxygen atoms in total. The van der Waals surface area contributed by atoms with Gasteiger partial charge in [0.25, 0.3) is 0 Å². The first-order valence-corrected chi connectivity index (χ1v) is 8.80. The molecule has 1 unspecified atom stereocenters. The molecular formula is C21H22F2N2. The van der Waals surface area contributed by atoms with E-state index in [9.17, 15) is 8.78 Å². The maximum Gasteiger partial charge on any atom is 0.147 e. The van der Waals surface area contributed by atoms with Crippen molar-refractivity contribution in [1.29, 1.82) is 0 Å². The van der Waals surface area contributed by atoms with Gasteiger partial charge in [-0.2, -0.15) is 0 Å². The number of aryl methyl sites for hydroxylation is 2. The molecule has 130 valence electrons. The number of nitrogens with zero attached hydrogens (tertiary/aromatic N) is 2. The summed E-state index contributed by atoms with van der Waals surface area (Å²) in [7, 11) is 2.12. The lowest BCUT2D eigenvalue weighted by molar-refractivity contribution is 0.245. The van der Waals surface area contributed by atoms with E-state index in [0.29, 0.717) is 12.1 Å². The summed E-state index contributed by atoms with van der Waals surface area (Å²) in [6.45, 7) is 3.87. The summed E-state index contributed by atoms with van der Waals surface area (Å²) in [5.41, 5.74) is 4.27. The minimum absolute atomic E-state index is 0.166. The van der Waals surface area contributed by atoms with Crippen LogP contribution in [0.4, 0.5) is 8.78 Å². The first-order valence-electron chi connectivity index (χ1n) is 8.80. The highest BCUT2D eigenvalue weighted by atomic mass is 19.1. The van der Waals surface area contributed by atoms with Gasteiger partial charge in [0, 0.05) is 36.6 Å². The number of aromatic nitrogens is 1. The van der Waals surface area contributed by atoms with Gasteiger partial charge in [-0.05, 0) is 49.7 Å². The standard InChI is InChI=1S/C21H22F2N2/c1-14-20-17-4-3-5-18(23)21(17)25(19(20)11-12-24(14)2)13-10-15-6-8-16(22)9-7-15/h3-9,14H,10-13H2,1-2H3. The van der Waals surface area contributed by atoms with Crippen molar-refractivity contribution in [2.75, 3.05) is 13.6 Å². The molecule has 0 bridgehead atoms. The second kappa shape index (κ2) is 6.26. The molecule has 0 fully saturated rings. The molecule has 3 aromatic rings. The average Bonchev–Trinajstić information content (AvgIpc) is 2.93. The Hall–Kier alpha value is -2.20. The van der Waals surface area contributed by atoms with E-state index in [4.69, 9.17) is 0 Å². The number of fused-ring (bicyclic) bond motifs is 3. The van der Waals surface area contributed by atoms with E-state index < -0.39 is 0 Å². The summed E-state index contributed by atoms with van der Waals surface area (Å²) in [6.07, 6.45) is 1.68. The van der Waals surface area contributed by atoms with Crippen LogP contribution < -0.4 is 0 Å². The summed E-state index contributed by atoms with van der Waals surface area (Å²) in [5.74, 6) is -0.392. The second-order valence-corrected chi connectivity index (χ2v) is 6.93. The Labute approximate surface area is 146 Å². The van der Waals surface area contributed by atoms with E-state index in [1.807, 2.05) is 6.07 Å². The van der Waals surface area contributed by atoms with Gasteiger partial charge in [-0.1, -0.05) is 24.3 Å². The zero-order valence-electron chi connectivity index (χ0n) is 14.6. The van der Waals surface area contributed by atoms with Gasteiger partial charge in [-0.15, -0.1) is 0 Å². The summed E-state index contributed by atoms with van der Waals surface area (Å²) in [6, 6.07) is 12.2. The Bertz CT molecular complexity index is 912. The van der Waals surface area contributed by atoms with Crippen LogP contribution in [0, 0.1) is 11.6 Å². The van der Waals surface area contributed by atoms with Crippen molar-refractivity contribution in [2.24, 2.45) is 0 Å². The van der Waals surface area contributed by atoms with Crippen LogP contribution in [0.1, 0.15) is 29.8 Å². The third-order valence-electron chi connectivity index (χ3n) is 5.50. The number of halogens is 2. The Morgan fingerprint density at radius 1 is 1.08 bits per heavy atom. The Balaban J connectivity index is 1.79. The van der Waals surface area contributed by atoms with Crippen molar-refractivity contribution < 1.29 is 8.78 Å². The van der Waals surface area contributed by atoms with Crippen LogP contribution in [-0.2, 0) is 19.4 Å². The van der Waals surface area contributed by atoms with Crippen molar-refractivity contribution in [2.45, 2.75) is 32.4 Å². The monoisotopic (exact) mass is 340 g/mol. The number of hydrogen-bond acceptors (Lipinski definition) is 1. The molecule has 0 amide bonds. The Morgan fingerprint density at radius 2 is 1.84 bits per heavy atom. The first-order chi connectivity index (χ1) is 12.1. The molecule has 2 heterocycles. The normalized spacial score (nSPS) is 17.8. The summed E-state index contributed by atoms with van der Waals surface area (Å²) in [4.78, 5) is 2.32. The quantitative estimate of drug-likeness (QED) is 0.670. The molecule has 0 saturated heterocycles. The molecule has 4 rings (SSSR count). The van der Waals surface area contributed by atoms with Gasteiger partial charge in [-0.25, -0.2) is 8.78 Å². The zero-order valence-corrected chi connectivity index (χ0v) is 14.6. The van der Waals surface area contributed by atoms with Gasteiger partial charge in [0.05, 0.1) is 5.52 Å². The number of hydrogen-bond donors (Lipinski definition) is 0. The van der Waals surface area contributed by atoms with E-state index >= 15 is 0 Å². The molecule has 1 atom stereocenters. The highest BCUT2D eigenvalue weighted by Gasteiger charge is 2.28. The predicted molar refractivity (Wildman–Crippen MR) is 96.7 cm³/mol. The average molecular weight is 340 g/mol. The largest absolute Gasteiger partial charge is 0.342 e. The van der Waals surface area contributed by atoms with E-state index in [1.54, 1.807) is 18.2 Å². The minimum Gasteiger partial charge on any atom is -0.342 e. The third kappa shape index (κ3) is 2.74. The summed E-state index contributed by atoms with van der Waals surface area (Å²) in [5, 5.41) is 1.02. The number of para-hydroxylation sites is 1. The number of likely N-dealkylation sites (N-methyl/N-ethyl adjacent to an activating group) is 1. The molecule has 1 aliphatic heterocycles. The molecule has 0 N–H and O–H groups in total. The molecule has 0 spiro atoms. The molecule has 0 radical (unpaired) electrons. The van der Waals surface area contributed by atoms with E-state index in [0.717, 1.165) is 30.3 Å². The Morgan fingerprint density at radius 3 is 2.60 bits per heavy atom. The van der Waals surface area contributed by atoms with Crippen molar-refractivity contribution in [3.63, 3.8) is 0 Å². The van der Waals surface area contributed by atoms with Crippen LogP contribution in [0.3, 0.4) is 0 Å². The number of rotatable bonds is 3. The van der Waals surface area contributed by atoms with Gasteiger partial charge in [-0.3, -0.25) is 4.90 Å². The van der Waals surface area contributed by atoms with Gasteiger partial charge in [0.1, 0.15) is 11.6 Å². The number of benzene rings is 2. The predicted octanol–water partition coefficient (Wildman–Crippen LogP) is 4.71. The maximum atomic E-state index is 14.7. The van der Waals surface area contributed by atoms with Crippen molar-refractivity contribution >= 4 is 10.9 Å². The molecule has 0 saturated carbocycles. The van der Waals surface area contributed by atoms with E-state index in [-0.39, 0.29) is 17.7 Å². The van der Waals surface area contributed by atoms with E-state index in [1.165, 1.54) is 29.5 Å². The highest BCUT2D eigenvalue weighted by Crippen LogP contribution is 2.38. The van der Waals surface area contributed by atoms with Crippen LogP contribution in [-0.4, -0.2) is 23.1 Å². The van der Waals surface area contributed by atoms with Crippen LogP contribution in [0.5, 0.6) is 0 Å². The summed E-state index contributed by atoms with van der Waals surface area (Å²) < 4.78 is 29.9. The van der Waals surface area contributed by atoms with Crippen LogP contribution in [0.25, 0.3) is 10.9 Å². The van der Waals surface area contributed by atoms with Crippen LogP contribution in [0.15, 0.2) is 42.5 Å². The van der Waals surface area contributed by atoms with Gasteiger partial charge in [0.2, 0.25) is 0 Å². The highest BCUT2D eigenvalue weighted by molar-refractivity contribution is 5.87. The van der Waals surface area contributed by atoms with Crippen molar-refractivity contribution in [3.8, 4) is 0 Å².